The third-order valence-corrected chi connectivity index (χ3v) is 3.86. The number of hydrogen-bond donors (Lipinski definition) is 1. The maximum atomic E-state index is 12.4. The minimum absolute atomic E-state index is 0.0705. The molecule has 0 aromatic heterocycles. The quantitative estimate of drug-likeness (QED) is 0.787. The number of hydrogen-bond acceptors (Lipinski definition) is 2. The molecule has 1 aliphatic heterocycles. The van der Waals surface area contributed by atoms with Crippen molar-refractivity contribution in [2.45, 2.75) is 52.1 Å². The van der Waals surface area contributed by atoms with Gasteiger partial charge in [0, 0.05) is 12.6 Å². The van der Waals surface area contributed by atoms with Crippen LogP contribution >= 0.6 is 0 Å². The maximum absolute atomic E-state index is 12.4. The van der Waals surface area contributed by atoms with Gasteiger partial charge in [-0.15, -0.1) is 0 Å². The van der Waals surface area contributed by atoms with Gasteiger partial charge >= 0.3 is 0 Å². The summed E-state index contributed by atoms with van der Waals surface area (Å²) in [5.74, 6) is 1.60. The molecule has 2 fully saturated rings. The summed E-state index contributed by atoms with van der Waals surface area (Å²) < 4.78 is 0. The second-order valence-corrected chi connectivity index (χ2v) is 5.73. The standard InChI is InChI=1S/C13H24N2O/c1-9(2)15(8-11-4-5-11)13(16)12-10(3)6-7-14-12/h9-12,14H,4-8H2,1-3H3. The lowest BCUT2D eigenvalue weighted by molar-refractivity contribution is -0.135. The minimum atomic E-state index is 0.0705. The highest BCUT2D eigenvalue weighted by Gasteiger charge is 2.35. The molecule has 2 unspecified atom stereocenters. The summed E-state index contributed by atoms with van der Waals surface area (Å²) in [4.78, 5) is 14.5. The highest BCUT2D eigenvalue weighted by atomic mass is 16.2. The number of amides is 1. The van der Waals surface area contributed by atoms with Crippen molar-refractivity contribution in [1.29, 1.82) is 0 Å². The first-order chi connectivity index (χ1) is 7.59. The third-order valence-electron chi connectivity index (χ3n) is 3.86. The average Bonchev–Trinajstić information content (AvgIpc) is 2.95. The molecule has 16 heavy (non-hydrogen) atoms. The molecule has 1 saturated heterocycles. The number of rotatable bonds is 4. The Balaban J connectivity index is 1.97. The van der Waals surface area contributed by atoms with Crippen LogP contribution in [0.2, 0.25) is 0 Å². The van der Waals surface area contributed by atoms with Crippen LogP contribution in [0.15, 0.2) is 0 Å². The van der Waals surface area contributed by atoms with E-state index in [4.69, 9.17) is 0 Å². The monoisotopic (exact) mass is 224 g/mol. The Bertz CT molecular complexity index is 261. The second kappa shape index (κ2) is 4.74. The number of nitrogens with zero attached hydrogens (tertiary/aromatic N) is 1. The normalized spacial score (nSPS) is 29.8. The van der Waals surface area contributed by atoms with Crippen molar-refractivity contribution in [3.05, 3.63) is 0 Å². The largest absolute Gasteiger partial charge is 0.339 e. The van der Waals surface area contributed by atoms with E-state index >= 15 is 0 Å². The Morgan fingerprint density at radius 2 is 2.06 bits per heavy atom. The Morgan fingerprint density at radius 3 is 2.50 bits per heavy atom. The highest BCUT2D eigenvalue weighted by Crippen LogP contribution is 2.31. The molecule has 1 aliphatic carbocycles. The fourth-order valence-corrected chi connectivity index (χ4v) is 2.48. The SMILES string of the molecule is CC1CCNC1C(=O)N(CC1CC1)C(C)C. The summed E-state index contributed by atoms with van der Waals surface area (Å²) in [5, 5.41) is 3.34. The molecule has 1 N–H and O–H groups in total. The molecular weight excluding hydrogens is 200 g/mol. The van der Waals surface area contributed by atoms with Crippen molar-refractivity contribution in [1.82, 2.24) is 10.2 Å². The lowest BCUT2D eigenvalue weighted by atomic mass is 10.0. The Hall–Kier alpha value is -0.570. The van der Waals surface area contributed by atoms with E-state index in [1.165, 1.54) is 12.8 Å². The van der Waals surface area contributed by atoms with Crippen LogP contribution in [0, 0.1) is 11.8 Å². The van der Waals surface area contributed by atoms with E-state index < -0.39 is 0 Å². The molecule has 0 aromatic carbocycles. The van der Waals surface area contributed by atoms with E-state index in [-0.39, 0.29) is 6.04 Å². The van der Waals surface area contributed by atoms with Crippen LogP contribution in [0.25, 0.3) is 0 Å². The predicted molar refractivity (Wildman–Crippen MR) is 65.1 cm³/mol. The number of carbonyl (C=O) groups excluding carboxylic acids is 1. The second-order valence-electron chi connectivity index (χ2n) is 5.73. The van der Waals surface area contributed by atoms with E-state index in [1.54, 1.807) is 0 Å². The van der Waals surface area contributed by atoms with Gasteiger partial charge in [0.25, 0.3) is 0 Å². The molecule has 2 atom stereocenters. The van der Waals surface area contributed by atoms with Crippen LogP contribution < -0.4 is 5.32 Å². The van der Waals surface area contributed by atoms with Gasteiger partial charge in [-0.3, -0.25) is 4.79 Å². The van der Waals surface area contributed by atoms with Gasteiger partial charge in [-0.05, 0) is 51.5 Å². The lowest BCUT2D eigenvalue weighted by Gasteiger charge is -2.30. The topological polar surface area (TPSA) is 32.3 Å². The summed E-state index contributed by atoms with van der Waals surface area (Å²) >= 11 is 0. The summed E-state index contributed by atoms with van der Waals surface area (Å²) in [6.45, 7) is 8.40. The van der Waals surface area contributed by atoms with E-state index in [2.05, 4.69) is 31.0 Å². The first-order valence-electron chi connectivity index (χ1n) is 6.63. The molecule has 2 rings (SSSR count). The summed E-state index contributed by atoms with van der Waals surface area (Å²) in [6.07, 6.45) is 3.75. The zero-order chi connectivity index (χ0) is 11.7. The van der Waals surface area contributed by atoms with Gasteiger partial charge in [0.05, 0.1) is 6.04 Å². The van der Waals surface area contributed by atoms with Crippen LogP contribution in [0.3, 0.4) is 0 Å². The smallest absolute Gasteiger partial charge is 0.240 e. The van der Waals surface area contributed by atoms with Gasteiger partial charge < -0.3 is 10.2 Å². The molecule has 92 valence electrons. The van der Waals surface area contributed by atoms with Crippen molar-refractivity contribution < 1.29 is 4.79 Å². The lowest BCUT2D eigenvalue weighted by Crippen LogP contribution is -2.49. The van der Waals surface area contributed by atoms with Crippen LogP contribution in [0.4, 0.5) is 0 Å². The molecule has 0 radical (unpaired) electrons. The van der Waals surface area contributed by atoms with Gasteiger partial charge in [0.2, 0.25) is 5.91 Å². The summed E-state index contributed by atoms with van der Waals surface area (Å²) in [6, 6.07) is 0.406. The van der Waals surface area contributed by atoms with E-state index in [9.17, 15) is 4.79 Å². The molecule has 1 amide bonds. The summed E-state index contributed by atoms with van der Waals surface area (Å²) in [5.41, 5.74) is 0. The Morgan fingerprint density at radius 1 is 1.38 bits per heavy atom. The molecule has 0 spiro atoms. The fraction of sp³-hybridized carbons (Fsp3) is 0.923. The van der Waals surface area contributed by atoms with Crippen molar-refractivity contribution in [3.8, 4) is 0 Å². The molecule has 3 nitrogen and oxygen atoms in total. The highest BCUT2D eigenvalue weighted by molar-refractivity contribution is 5.82. The van der Waals surface area contributed by atoms with Gasteiger partial charge in [-0.25, -0.2) is 0 Å². The van der Waals surface area contributed by atoms with Crippen LogP contribution in [0.5, 0.6) is 0 Å². The first kappa shape index (κ1) is 11.9. The molecule has 2 aliphatic rings. The Kier molecular flexibility index (Phi) is 3.53. The van der Waals surface area contributed by atoms with E-state index in [1.807, 2.05) is 0 Å². The minimum Gasteiger partial charge on any atom is -0.339 e. The molecule has 0 aromatic rings. The van der Waals surface area contributed by atoms with Crippen molar-refractivity contribution in [2.75, 3.05) is 13.1 Å². The molecule has 1 saturated carbocycles. The molecular formula is C13H24N2O. The van der Waals surface area contributed by atoms with E-state index in [0.29, 0.717) is 17.9 Å². The molecule has 0 bridgehead atoms. The van der Waals surface area contributed by atoms with Gasteiger partial charge in [-0.1, -0.05) is 6.92 Å². The van der Waals surface area contributed by atoms with Gasteiger partial charge in [-0.2, -0.15) is 0 Å². The van der Waals surface area contributed by atoms with Gasteiger partial charge in [0.15, 0.2) is 0 Å². The average molecular weight is 224 g/mol. The van der Waals surface area contributed by atoms with Gasteiger partial charge in [0.1, 0.15) is 0 Å². The van der Waals surface area contributed by atoms with Crippen molar-refractivity contribution in [3.63, 3.8) is 0 Å². The number of carbonyl (C=O) groups is 1. The fourth-order valence-electron chi connectivity index (χ4n) is 2.48. The van der Waals surface area contributed by atoms with Crippen LogP contribution in [-0.2, 0) is 4.79 Å². The molecule has 1 heterocycles. The molecule has 3 heteroatoms. The van der Waals surface area contributed by atoms with Crippen molar-refractivity contribution in [2.24, 2.45) is 11.8 Å². The zero-order valence-corrected chi connectivity index (χ0v) is 10.7. The summed E-state index contributed by atoms with van der Waals surface area (Å²) in [7, 11) is 0. The maximum Gasteiger partial charge on any atom is 0.240 e. The van der Waals surface area contributed by atoms with E-state index in [0.717, 1.165) is 25.4 Å². The van der Waals surface area contributed by atoms with Crippen LogP contribution in [-0.4, -0.2) is 36.0 Å². The number of nitrogens with one attached hydrogen (secondary N) is 1. The third kappa shape index (κ3) is 2.57. The Labute approximate surface area is 98.6 Å². The van der Waals surface area contributed by atoms with Crippen LogP contribution in [0.1, 0.15) is 40.0 Å². The van der Waals surface area contributed by atoms with Crippen molar-refractivity contribution >= 4 is 5.91 Å². The first-order valence-corrected chi connectivity index (χ1v) is 6.63. The zero-order valence-electron chi connectivity index (χ0n) is 10.7. The predicted octanol–water partition coefficient (Wildman–Crippen LogP) is 1.63.